The highest BCUT2D eigenvalue weighted by molar-refractivity contribution is 5.84. The first-order chi connectivity index (χ1) is 8.97. The molecule has 0 aliphatic carbocycles. The molecule has 0 heterocycles. The maximum absolute atomic E-state index is 11.5. The summed E-state index contributed by atoms with van der Waals surface area (Å²) >= 11 is 0. The maximum Gasteiger partial charge on any atom is 0.243 e. The molecule has 0 saturated carbocycles. The lowest BCUT2D eigenvalue weighted by Gasteiger charge is -2.13. The molecule has 0 bridgehead atoms. The van der Waals surface area contributed by atoms with Crippen LogP contribution in [0.5, 0.6) is 0 Å². The van der Waals surface area contributed by atoms with Gasteiger partial charge < -0.3 is 20.3 Å². The van der Waals surface area contributed by atoms with Gasteiger partial charge in [-0.2, -0.15) is 0 Å². The number of nitrogens with one attached hydrogen (secondary N) is 2. The van der Waals surface area contributed by atoms with Crippen molar-refractivity contribution in [3.8, 4) is 0 Å². The first-order valence-corrected chi connectivity index (χ1v) is 6.33. The molecule has 0 aromatic carbocycles. The topological polar surface area (TPSA) is 66.0 Å². The molecule has 0 aliphatic heterocycles. The third kappa shape index (κ3) is 10.1. The highest BCUT2D eigenvalue weighted by Crippen LogP contribution is 1.85. The third-order valence-corrected chi connectivity index (χ3v) is 2.25. The van der Waals surface area contributed by atoms with Gasteiger partial charge in [0.25, 0.3) is 0 Å². The fourth-order valence-electron chi connectivity index (χ4n) is 1.12. The molecule has 0 rings (SSSR count). The summed E-state index contributed by atoms with van der Waals surface area (Å²) in [6.45, 7) is 7.94. The van der Waals surface area contributed by atoms with Crippen LogP contribution in [0.3, 0.4) is 0 Å². The molecule has 6 nitrogen and oxygen atoms in total. The Balaban J connectivity index is 4.26. The number of guanidine groups is 1. The van der Waals surface area contributed by atoms with Gasteiger partial charge in [-0.3, -0.25) is 4.79 Å². The monoisotopic (exact) mass is 270 g/mol. The largest absolute Gasteiger partial charge is 0.385 e. The second-order valence-corrected chi connectivity index (χ2v) is 4.54. The fraction of sp³-hybridized carbons (Fsp3) is 0.692. The fourth-order valence-corrected chi connectivity index (χ4v) is 1.12. The zero-order chi connectivity index (χ0) is 14.7. The highest BCUT2D eigenvalue weighted by Gasteiger charge is 2.04. The summed E-state index contributed by atoms with van der Waals surface area (Å²) < 4.78 is 4.98. The van der Waals surface area contributed by atoms with Crippen LogP contribution in [0.1, 0.15) is 13.3 Å². The number of nitrogens with zero attached hydrogens (tertiary/aromatic N) is 2. The van der Waals surface area contributed by atoms with Crippen LogP contribution in [-0.4, -0.2) is 64.2 Å². The van der Waals surface area contributed by atoms with E-state index in [4.69, 9.17) is 4.74 Å². The predicted octanol–water partition coefficient (Wildman–Crippen LogP) is 0.222. The Kier molecular flexibility index (Phi) is 9.52. The molecule has 1 amide bonds. The molecule has 0 radical (unpaired) electrons. The molecule has 0 atom stereocenters. The predicted molar refractivity (Wildman–Crippen MR) is 78.3 cm³/mol. The van der Waals surface area contributed by atoms with Crippen LogP contribution in [0.2, 0.25) is 0 Å². The molecule has 0 spiro atoms. The van der Waals surface area contributed by atoms with Crippen LogP contribution in [0.4, 0.5) is 0 Å². The van der Waals surface area contributed by atoms with Crippen molar-refractivity contribution in [3.05, 3.63) is 12.2 Å². The summed E-state index contributed by atoms with van der Waals surface area (Å²) in [4.78, 5) is 17.2. The molecule has 2 N–H and O–H groups in total. The molecule has 110 valence electrons. The molecule has 19 heavy (non-hydrogen) atoms. The highest BCUT2D eigenvalue weighted by atomic mass is 16.5. The minimum Gasteiger partial charge on any atom is -0.385 e. The van der Waals surface area contributed by atoms with E-state index in [9.17, 15) is 4.79 Å². The Morgan fingerprint density at radius 3 is 2.58 bits per heavy atom. The van der Waals surface area contributed by atoms with Gasteiger partial charge in [-0.05, 0) is 13.3 Å². The van der Waals surface area contributed by atoms with Crippen molar-refractivity contribution < 1.29 is 9.53 Å². The zero-order valence-corrected chi connectivity index (χ0v) is 12.5. The minimum absolute atomic E-state index is 0.0340. The van der Waals surface area contributed by atoms with Crippen molar-refractivity contribution in [2.45, 2.75) is 13.3 Å². The van der Waals surface area contributed by atoms with E-state index in [-0.39, 0.29) is 12.5 Å². The Morgan fingerprint density at radius 2 is 2.05 bits per heavy atom. The van der Waals surface area contributed by atoms with Crippen LogP contribution in [0.15, 0.2) is 17.1 Å². The average Bonchev–Trinajstić information content (AvgIpc) is 2.35. The number of likely N-dealkylation sites (N-methyl/N-ethyl adjacent to an activating group) is 1. The summed E-state index contributed by atoms with van der Waals surface area (Å²) in [6, 6.07) is 0. The maximum atomic E-state index is 11.5. The van der Waals surface area contributed by atoms with E-state index < -0.39 is 0 Å². The first-order valence-electron chi connectivity index (χ1n) is 6.33. The molecule has 0 unspecified atom stereocenters. The second-order valence-electron chi connectivity index (χ2n) is 4.54. The van der Waals surface area contributed by atoms with Gasteiger partial charge in [-0.1, -0.05) is 12.2 Å². The van der Waals surface area contributed by atoms with Crippen LogP contribution in [0, 0.1) is 0 Å². The van der Waals surface area contributed by atoms with Gasteiger partial charge in [0.15, 0.2) is 5.96 Å². The smallest absolute Gasteiger partial charge is 0.243 e. The first kappa shape index (κ1) is 17.4. The van der Waals surface area contributed by atoms with Crippen molar-refractivity contribution >= 4 is 11.9 Å². The quantitative estimate of drug-likeness (QED) is 0.287. The molecule has 0 fully saturated rings. The van der Waals surface area contributed by atoms with Crippen molar-refractivity contribution in [1.29, 1.82) is 0 Å². The number of rotatable bonds is 8. The number of ether oxygens (including phenoxy) is 1. The Bertz CT molecular complexity index is 314. The number of hydrogen-bond donors (Lipinski definition) is 2. The van der Waals surface area contributed by atoms with E-state index >= 15 is 0 Å². The van der Waals surface area contributed by atoms with Gasteiger partial charge in [-0.15, -0.1) is 0 Å². The molecule has 0 aromatic rings. The standard InChI is InChI=1S/C13H26N4O2/c1-11(2)9-15-13(14-7-6-8-19-5)16-10-12(18)17(3)4/h1,6-10H2,2-5H3,(H2,14,15,16). The molecule has 6 heteroatoms. The third-order valence-electron chi connectivity index (χ3n) is 2.25. The lowest BCUT2D eigenvalue weighted by atomic mass is 10.3. The van der Waals surface area contributed by atoms with Gasteiger partial charge in [0.2, 0.25) is 5.91 Å². The van der Waals surface area contributed by atoms with E-state index in [1.54, 1.807) is 21.2 Å². The van der Waals surface area contributed by atoms with E-state index in [1.165, 1.54) is 4.90 Å². The summed E-state index contributed by atoms with van der Waals surface area (Å²) in [7, 11) is 5.10. The summed E-state index contributed by atoms with van der Waals surface area (Å²) in [5.74, 6) is 0.586. The van der Waals surface area contributed by atoms with Gasteiger partial charge in [-0.25, -0.2) is 4.99 Å². The molecular formula is C13H26N4O2. The number of aliphatic imine (C=N–C) groups is 1. The SMILES string of the molecule is C=C(C)CNC(=NCC(=O)N(C)C)NCCCOC. The van der Waals surface area contributed by atoms with Crippen LogP contribution < -0.4 is 10.6 Å². The van der Waals surface area contributed by atoms with Gasteiger partial charge in [0, 0.05) is 40.9 Å². The Labute approximate surface area is 115 Å². The summed E-state index contributed by atoms with van der Waals surface area (Å²) in [5, 5.41) is 6.27. The number of carbonyl (C=O) groups is 1. The Hall–Kier alpha value is -1.56. The summed E-state index contributed by atoms with van der Waals surface area (Å²) in [6.07, 6.45) is 0.881. The number of methoxy groups -OCH3 is 1. The van der Waals surface area contributed by atoms with Crippen molar-refractivity contribution in [2.24, 2.45) is 4.99 Å². The van der Waals surface area contributed by atoms with Gasteiger partial charge >= 0.3 is 0 Å². The lowest BCUT2D eigenvalue weighted by molar-refractivity contribution is -0.127. The van der Waals surface area contributed by atoms with Gasteiger partial charge in [0.05, 0.1) is 0 Å². The average molecular weight is 270 g/mol. The number of hydrogen-bond acceptors (Lipinski definition) is 3. The zero-order valence-electron chi connectivity index (χ0n) is 12.5. The van der Waals surface area contributed by atoms with Crippen molar-refractivity contribution in [1.82, 2.24) is 15.5 Å². The van der Waals surface area contributed by atoms with Gasteiger partial charge in [0.1, 0.15) is 6.54 Å². The van der Waals surface area contributed by atoms with E-state index in [1.807, 2.05) is 6.92 Å². The van der Waals surface area contributed by atoms with Crippen LogP contribution in [0.25, 0.3) is 0 Å². The van der Waals surface area contributed by atoms with Crippen LogP contribution in [-0.2, 0) is 9.53 Å². The minimum atomic E-state index is -0.0340. The molecule has 0 aromatic heterocycles. The van der Waals surface area contributed by atoms with E-state index in [0.717, 1.165) is 18.5 Å². The summed E-state index contributed by atoms with van der Waals surface area (Å²) in [5.41, 5.74) is 1.00. The molecular weight excluding hydrogens is 244 g/mol. The Morgan fingerprint density at radius 1 is 1.37 bits per heavy atom. The molecule has 0 aliphatic rings. The lowest BCUT2D eigenvalue weighted by Crippen LogP contribution is -2.39. The second kappa shape index (κ2) is 10.4. The molecule has 0 saturated heterocycles. The van der Waals surface area contributed by atoms with Crippen LogP contribution >= 0.6 is 0 Å². The van der Waals surface area contributed by atoms with Crippen molar-refractivity contribution in [2.75, 3.05) is 47.4 Å². The number of carbonyl (C=O) groups excluding carboxylic acids is 1. The normalized spacial score (nSPS) is 11.1. The number of amides is 1. The van der Waals surface area contributed by atoms with E-state index in [2.05, 4.69) is 22.2 Å². The van der Waals surface area contributed by atoms with Crippen molar-refractivity contribution in [3.63, 3.8) is 0 Å². The van der Waals surface area contributed by atoms with E-state index in [0.29, 0.717) is 19.1 Å².